The normalized spacial score (nSPS) is 11.9. The van der Waals surface area contributed by atoms with E-state index < -0.39 is 0 Å². The van der Waals surface area contributed by atoms with Crippen molar-refractivity contribution in [2.24, 2.45) is 5.73 Å². The van der Waals surface area contributed by atoms with Crippen LogP contribution < -0.4 is 5.73 Å². The fraction of sp³-hybridized carbons (Fsp3) is 0.316. The molecule has 0 aliphatic rings. The lowest BCUT2D eigenvalue weighted by atomic mass is 9.98. The van der Waals surface area contributed by atoms with Gasteiger partial charge in [-0.25, -0.2) is 0 Å². The van der Waals surface area contributed by atoms with Crippen LogP contribution in [-0.2, 0) is 22.4 Å². The highest BCUT2D eigenvalue weighted by Crippen LogP contribution is 2.17. The molecule has 22 heavy (non-hydrogen) atoms. The molecule has 3 heteroatoms. The van der Waals surface area contributed by atoms with Crippen molar-refractivity contribution >= 4 is 5.97 Å². The van der Waals surface area contributed by atoms with Crippen LogP contribution in [0.3, 0.4) is 0 Å². The minimum absolute atomic E-state index is 0.00604. The molecule has 0 saturated carbocycles. The molecular formula is C19H23NO2. The quantitative estimate of drug-likeness (QED) is 0.797. The molecule has 1 atom stereocenters. The van der Waals surface area contributed by atoms with Gasteiger partial charge in [-0.1, -0.05) is 54.6 Å². The Morgan fingerprint density at radius 2 is 1.73 bits per heavy atom. The Morgan fingerprint density at radius 3 is 2.36 bits per heavy atom. The van der Waals surface area contributed by atoms with Gasteiger partial charge in [-0.15, -0.1) is 0 Å². The molecule has 0 aliphatic heterocycles. The minimum atomic E-state index is -0.151. The van der Waals surface area contributed by atoms with E-state index >= 15 is 0 Å². The average Bonchev–Trinajstić information content (AvgIpc) is 2.56. The van der Waals surface area contributed by atoms with Gasteiger partial charge in [0.2, 0.25) is 0 Å². The topological polar surface area (TPSA) is 52.3 Å². The lowest BCUT2D eigenvalue weighted by Gasteiger charge is -2.13. The number of esters is 1. The largest absolute Gasteiger partial charge is 0.469 e. The first-order valence-electron chi connectivity index (χ1n) is 7.64. The number of nitrogens with two attached hydrogens (primary N) is 1. The summed E-state index contributed by atoms with van der Waals surface area (Å²) in [6.07, 6.45) is 2.99. The average molecular weight is 297 g/mol. The number of hydrogen-bond donors (Lipinski definition) is 1. The van der Waals surface area contributed by atoms with Crippen molar-refractivity contribution in [2.75, 3.05) is 7.11 Å². The van der Waals surface area contributed by atoms with Gasteiger partial charge in [-0.2, -0.15) is 0 Å². The van der Waals surface area contributed by atoms with Crippen LogP contribution in [0.5, 0.6) is 0 Å². The Morgan fingerprint density at radius 1 is 1.05 bits per heavy atom. The molecule has 0 saturated heterocycles. The number of benzene rings is 2. The van der Waals surface area contributed by atoms with Gasteiger partial charge in [0.15, 0.2) is 0 Å². The maximum Gasteiger partial charge on any atom is 0.305 e. The second-order valence-corrected chi connectivity index (χ2v) is 5.47. The van der Waals surface area contributed by atoms with Crippen LogP contribution in [-0.4, -0.2) is 13.1 Å². The summed E-state index contributed by atoms with van der Waals surface area (Å²) in [6, 6.07) is 18.6. The minimum Gasteiger partial charge on any atom is -0.469 e. The lowest BCUT2D eigenvalue weighted by Crippen LogP contribution is -2.13. The van der Waals surface area contributed by atoms with E-state index in [1.54, 1.807) is 0 Å². The Labute approximate surface area is 132 Å². The molecule has 2 N–H and O–H groups in total. The van der Waals surface area contributed by atoms with Gasteiger partial charge < -0.3 is 10.5 Å². The third-order valence-corrected chi connectivity index (χ3v) is 3.78. The van der Waals surface area contributed by atoms with E-state index in [2.05, 4.69) is 41.1 Å². The molecule has 116 valence electrons. The molecule has 2 aromatic carbocycles. The standard InChI is InChI=1S/C19H23NO2/c1-22-19(21)9-5-8-15-10-12-17(13-11-15)18(20)14-16-6-3-2-4-7-16/h2-4,6-7,10-13,18H,5,8-9,14,20H2,1H3. The van der Waals surface area contributed by atoms with E-state index in [0.29, 0.717) is 6.42 Å². The van der Waals surface area contributed by atoms with E-state index in [0.717, 1.165) is 24.8 Å². The molecule has 0 aromatic heterocycles. The van der Waals surface area contributed by atoms with E-state index in [4.69, 9.17) is 5.73 Å². The first kappa shape index (κ1) is 16.2. The van der Waals surface area contributed by atoms with Crippen LogP contribution in [0.4, 0.5) is 0 Å². The summed E-state index contributed by atoms with van der Waals surface area (Å²) in [7, 11) is 1.42. The zero-order valence-electron chi connectivity index (χ0n) is 13.0. The van der Waals surface area contributed by atoms with Gasteiger partial charge in [-0.3, -0.25) is 4.79 Å². The molecular weight excluding hydrogens is 274 g/mol. The summed E-state index contributed by atoms with van der Waals surface area (Å²) < 4.78 is 4.64. The van der Waals surface area contributed by atoms with Crippen molar-refractivity contribution in [1.82, 2.24) is 0 Å². The highest BCUT2D eigenvalue weighted by Gasteiger charge is 2.07. The second kappa shape index (κ2) is 8.35. The lowest BCUT2D eigenvalue weighted by molar-refractivity contribution is -0.140. The van der Waals surface area contributed by atoms with Crippen LogP contribution in [0.2, 0.25) is 0 Å². The third kappa shape index (κ3) is 5.01. The van der Waals surface area contributed by atoms with Gasteiger partial charge in [0.25, 0.3) is 0 Å². The van der Waals surface area contributed by atoms with E-state index in [9.17, 15) is 4.79 Å². The van der Waals surface area contributed by atoms with Crippen LogP contribution in [0.25, 0.3) is 0 Å². The molecule has 0 radical (unpaired) electrons. The Kier molecular flexibility index (Phi) is 6.16. The van der Waals surface area contributed by atoms with E-state index in [-0.39, 0.29) is 12.0 Å². The summed E-state index contributed by atoms with van der Waals surface area (Å²) >= 11 is 0. The predicted molar refractivity (Wildman–Crippen MR) is 88.5 cm³/mol. The number of methoxy groups -OCH3 is 1. The zero-order chi connectivity index (χ0) is 15.8. The number of rotatable bonds is 7. The molecule has 1 unspecified atom stereocenters. The highest BCUT2D eigenvalue weighted by molar-refractivity contribution is 5.69. The summed E-state index contributed by atoms with van der Waals surface area (Å²) in [6.45, 7) is 0. The fourth-order valence-electron chi connectivity index (χ4n) is 2.46. The van der Waals surface area contributed by atoms with Crippen LogP contribution in [0.1, 0.15) is 35.6 Å². The van der Waals surface area contributed by atoms with Crippen molar-refractivity contribution in [3.63, 3.8) is 0 Å². The molecule has 0 spiro atoms. The highest BCUT2D eigenvalue weighted by atomic mass is 16.5. The number of ether oxygens (including phenoxy) is 1. The molecule has 0 fully saturated rings. The molecule has 0 amide bonds. The van der Waals surface area contributed by atoms with E-state index in [1.165, 1.54) is 18.2 Å². The Hall–Kier alpha value is -2.13. The van der Waals surface area contributed by atoms with Gasteiger partial charge >= 0.3 is 5.97 Å². The monoisotopic (exact) mass is 297 g/mol. The maximum atomic E-state index is 11.1. The first-order valence-corrected chi connectivity index (χ1v) is 7.64. The first-order chi connectivity index (χ1) is 10.7. The molecule has 0 heterocycles. The Balaban J connectivity index is 1.87. The maximum absolute atomic E-state index is 11.1. The number of hydrogen-bond acceptors (Lipinski definition) is 3. The van der Waals surface area contributed by atoms with Gasteiger partial charge in [0, 0.05) is 12.5 Å². The van der Waals surface area contributed by atoms with Crippen molar-refractivity contribution in [3.05, 3.63) is 71.3 Å². The SMILES string of the molecule is COC(=O)CCCc1ccc(C(N)Cc2ccccc2)cc1. The third-order valence-electron chi connectivity index (χ3n) is 3.78. The zero-order valence-corrected chi connectivity index (χ0v) is 13.0. The molecule has 2 aromatic rings. The number of aryl methyl sites for hydroxylation is 1. The van der Waals surface area contributed by atoms with Crippen LogP contribution in [0, 0.1) is 0 Å². The van der Waals surface area contributed by atoms with Crippen molar-refractivity contribution in [3.8, 4) is 0 Å². The summed E-state index contributed by atoms with van der Waals surface area (Å²) in [5.74, 6) is -0.151. The predicted octanol–water partition coefficient (Wildman–Crippen LogP) is 3.42. The molecule has 3 nitrogen and oxygen atoms in total. The molecule has 0 aliphatic carbocycles. The number of carbonyl (C=O) groups excluding carboxylic acids is 1. The van der Waals surface area contributed by atoms with Gasteiger partial charge in [-0.05, 0) is 36.0 Å². The van der Waals surface area contributed by atoms with Crippen molar-refractivity contribution < 1.29 is 9.53 Å². The second-order valence-electron chi connectivity index (χ2n) is 5.47. The van der Waals surface area contributed by atoms with Crippen LogP contribution in [0.15, 0.2) is 54.6 Å². The van der Waals surface area contributed by atoms with E-state index in [1.807, 2.05) is 18.2 Å². The van der Waals surface area contributed by atoms with Crippen molar-refractivity contribution in [2.45, 2.75) is 31.7 Å². The number of carbonyl (C=O) groups is 1. The molecule has 2 rings (SSSR count). The fourth-order valence-corrected chi connectivity index (χ4v) is 2.46. The molecule has 0 bridgehead atoms. The van der Waals surface area contributed by atoms with Crippen LogP contribution >= 0.6 is 0 Å². The van der Waals surface area contributed by atoms with Gasteiger partial charge in [0.05, 0.1) is 7.11 Å². The summed E-state index contributed by atoms with van der Waals surface area (Å²) in [5, 5.41) is 0. The Bertz CT molecular complexity index is 578. The van der Waals surface area contributed by atoms with Gasteiger partial charge in [0.1, 0.15) is 0 Å². The summed E-state index contributed by atoms with van der Waals surface area (Å²) in [4.78, 5) is 11.1. The summed E-state index contributed by atoms with van der Waals surface area (Å²) in [5.41, 5.74) is 9.88. The van der Waals surface area contributed by atoms with Crippen molar-refractivity contribution in [1.29, 1.82) is 0 Å². The smallest absolute Gasteiger partial charge is 0.305 e.